The summed E-state index contributed by atoms with van der Waals surface area (Å²) in [6.45, 7) is 1.72. The second-order valence-electron chi connectivity index (χ2n) is 7.52. The Labute approximate surface area is 177 Å². The summed E-state index contributed by atoms with van der Waals surface area (Å²) in [7, 11) is 0. The summed E-state index contributed by atoms with van der Waals surface area (Å²) >= 11 is 0. The number of amides is 2. The van der Waals surface area contributed by atoms with Gasteiger partial charge in [0, 0.05) is 12.2 Å². The third-order valence-corrected chi connectivity index (χ3v) is 5.49. The molecule has 3 N–H and O–H groups in total. The Hall–Kier alpha value is -3.33. The first-order chi connectivity index (χ1) is 14.8. The maximum atomic E-state index is 13.8. The van der Waals surface area contributed by atoms with Crippen molar-refractivity contribution in [3.63, 3.8) is 0 Å². The van der Waals surface area contributed by atoms with Gasteiger partial charge in [-0.25, -0.2) is 10.4 Å². The average molecular weight is 430 g/mol. The van der Waals surface area contributed by atoms with E-state index in [0.717, 1.165) is 10.6 Å². The molecule has 4 rings (SSSR count). The number of alkyl halides is 3. The Morgan fingerprint density at radius 1 is 1.06 bits per heavy atom. The molecule has 6 nitrogen and oxygen atoms in total. The lowest BCUT2D eigenvalue weighted by atomic mass is 9.89. The van der Waals surface area contributed by atoms with Gasteiger partial charge >= 0.3 is 6.18 Å². The molecule has 9 heteroatoms. The minimum absolute atomic E-state index is 0.193. The van der Waals surface area contributed by atoms with Crippen molar-refractivity contribution in [1.82, 2.24) is 21.1 Å². The number of carbonyl (C=O) groups is 2. The molecule has 0 spiro atoms. The van der Waals surface area contributed by atoms with Gasteiger partial charge in [-0.3, -0.25) is 9.59 Å². The number of nitrogens with one attached hydrogen (secondary N) is 3. The number of carbonyl (C=O) groups excluding carboxylic acids is 2. The lowest BCUT2D eigenvalue weighted by Crippen LogP contribution is -2.56. The SMILES string of the molecule is CC1=C(C(=O)NCc2ccccc2)C(=O)N2NC(C(F)(F)F)C(c3ccccc3)C2N1. The van der Waals surface area contributed by atoms with Gasteiger partial charge in [-0.1, -0.05) is 60.7 Å². The predicted molar refractivity (Wildman–Crippen MR) is 107 cm³/mol. The van der Waals surface area contributed by atoms with Gasteiger partial charge < -0.3 is 10.6 Å². The monoisotopic (exact) mass is 430 g/mol. The van der Waals surface area contributed by atoms with Crippen LogP contribution in [0.25, 0.3) is 0 Å². The summed E-state index contributed by atoms with van der Waals surface area (Å²) in [5.41, 5.74) is 3.59. The van der Waals surface area contributed by atoms with Crippen molar-refractivity contribution in [2.45, 2.75) is 37.8 Å². The van der Waals surface area contributed by atoms with Crippen LogP contribution in [0.4, 0.5) is 13.2 Å². The molecule has 2 aromatic carbocycles. The van der Waals surface area contributed by atoms with E-state index in [1.165, 1.54) is 6.92 Å². The Balaban J connectivity index is 1.60. The zero-order chi connectivity index (χ0) is 22.2. The van der Waals surface area contributed by atoms with Gasteiger partial charge in [-0.05, 0) is 18.1 Å². The molecule has 0 radical (unpaired) electrons. The van der Waals surface area contributed by atoms with E-state index in [1.807, 2.05) is 30.3 Å². The molecule has 2 heterocycles. The molecule has 2 aromatic rings. The fraction of sp³-hybridized carbons (Fsp3) is 0.273. The van der Waals surface area contributed by atoms with Crippen LogP contribution in [-0.2, 0) is 16.1 Å². The molecule has 31 heavy (non-hydrogen) atoms. The fourth-order valence-corrected chi connectivity index (χ4v) is 4.03. The van der Waals surface area contributed by atoms with Crippen LogP contribution in [0, 0.1) is 0 Å². The molecule has 0 aliphatic carbocycles. The third-order valence-electron chi connectivity index (χ3n) is 5.49. The van der Waals surface area contributed by atoms with Gasteiger partial charge in [0.25, 0.3) is 11.8 Å². The van der Waals surface area contributed by atoms with Crippen molar-refractivity contribution in [2.75, 3.05) is 0 Å². The van der Waals surface area contributed by atoms with Crippen LogP contribution in [0.5, 0.6) is 0 Å². The van der Waals surface area contributed by atoms with Crippen molar-refractivity contribution < 1.29 is 22.8 Å². The van der Waals surface area contributed by atoms with Gasteiger partial charge in [-0.2, -0.15) is 13.2 Å². The maximum absolute atomic E-state index is 13.8. The second kappa shape index (κ2) is 8.07. The highest BCUT2D eigenvalue weighted by atomic mass is 19.4. The summed E-state index contributed by atoms with van der Waals surface area (Å²) < 4.78 is 41.4. The number of nitrogens with zero attached hydrogens (tertiary/aromatic N) is 1. The summed E-state index contributed by atoms with van der Waals surface area (Å²) in [4.78, 5) is 25.8. The summed E-state index contributed by atoms with van der Waals surface area (Å²) in [5.74, 6) is -2.51. The number of benzene rings is 2. The van der Waals surface area contributed by atoms with Crippen LogP contribution < -0.4 is 16.1 Å². The zero-order valence-electron chi connectivity index (χ0n) is 16.6. The lowest BCUT2D eigenvalue weighted by molar-refractivity contribution is -0.161. The molecule has 1 fully saturated rings. The highest BCUT2D eigenvalue weighted by Crippen LogP contribution is 2.41. The molecule has 3 atom stereocenters. The zero-order valence-corrected chi connectivity index (χ0v) is 16.6. The summed E-state index contributed by atoms with van der Waals surface area (Å²) in [5, 5.41) is 6.50. The molecule has 3 unspecified atom stereocenters. The van der Waals surface area contributed by atoms with Crippen LogP contribution >= 0.6 is 0 Å². The third kappa shape index (κ3) is 4.00. The first kappa shape index (κ1) is 20.9. The number of fused-ring (bicyclic) bond motifs is 1. The Morgan fingerprint density at radius 2 is 1.68 bits per heavy atom. The summed E-state index contributed by atoms with van der Waals surface area (Å²) in [6, 6.07) is 15.4. The minimum Gasteiger partial charge on any atom is -0.366 e. The van der Waals surface area contributed by atoms with Gasteiger partial charge in [0.15, 0.2) is 0 Å². The van der Waals surface area contributed by atoms with E-state index in [9.17, 15) is 22.8 Å². The Morgan fingerprint density at radius 3 is 2.29 bits per heavy atom. The van der Waals surface area contributed by atoms with Gasteiger partial charge in [0.2, 0.25) is 0 Å². The molecule has 2 amide bonds. The lowest BCUT2D eigenvalue weighted by Gasteiger charge is -2.34. The number of allylic oxidation sites excluding steroid dienone is 1. The standard InChI is InChI=1S/C22H21F3N4O2/c1-13-16(20(30)26-12-14-8-4-2-5-9-14)21(31)29-19(27-13)17(15-10-6-3-7-11-15)18(28-29)22(23,24)25/h2-11,17-19,27-28H,12H2,1H3,(H,26,30). The predicted octanol–water partition coefficient (Wildman–Crippen LogP) is 2.57. The largest absolute Gasteiger partial charge is 0.406 e. The van der Waals surface area contributed by atoms with Crippen molar-refractivity contribution in [1.29, 1.82) is 0 Å². The summed E-state index contributed by atoms with van der Waals surface area (Å²) in [6.07, 6.45) is -5.57. The molecule has 2 aliphatic heterocycles. The van der Waals surface area contributed by atoms with E-state index < -0.39 is 36.1 Å². The average Bonchev–Trinajstić information content (AvgIpc) is 3.14. The van der Waals surface area contributed by atoms with Crippen molar-refractivity contribution in [3.05, 3.63) is 83.1 Å². The Kier molecular flexibility index (Phi) is 5.45. The van der Waals surface area contributed by atoms with E-state index in [0.29, 0.717) is 5.56 Å². The van der Waals surface area contributed by atoms with Crippen LogP contribution in [0.1, 0.15) is 24.0 Å². The minimum atomic E-state index is -4.59. The first-order valence-electron chi connectivity index (χ1n) is 9.78. The van der Waals surface area contributed by atoms with Crippen molar-refractivity contribution in [3.8, 4) is 0 Å². The smallest absolute Gasteiger partial charge is 0.366 e. The molecule has 0 saturated carbocycles. The van der Waals surface area contributed by atoms with E-state index in [-0.39, 0.29) is 17.8 Å². The van der Waals surface area contributed by atoms with Gasteiger partial charge in [0.05, 0.1) is 5.92 Å². The Bertz CT molecular complexity index is 1010. The van der Waals surface area contributed by atoms with Crippen LogP contribution in [0.3, 0.4) is 0 Å². The topological polar surface area (TPSA) is 73.5 Å². The van der Waals surface area contributed by atoms with E-state index >= 15 is 0 Å². The van der Waals surface area contributed by atoms with E-state index in [2.05, 4.69) is 16.1 Å². The molecule has 162 valence electrons. The molecule has 2 aliphatic rings. The quantitative estimate of drug-likeness (QED) is 0.652. The normalized spacial score (nSPS) is 23.4. The highest BCUT2D eigenvalue weighted by Gasteiger charge is 2.58. The number of hydrazine groups is 1. The number of hydrogen-bond acceptors (Lipinski definition) is 4. The molecule has 0 bridgehead atoms. The van der Waals surface area contributed by atoms with Crippen LogP contribution in [0.2, 0.25) is 0 Å². The number of hydrogen-bond donors (Lipinski definition) is 3. The first-order valence-corrected chi connectivity index (χ1v) is 9.78. The number of halogens is 3. The molecule has 1 saturated heterocycles. The highest BCUT2D eigenvalue weighted by molar-refractivity contribution is 6.19. The number of rotatable bonds is 4. The van der Waals surface area contributed by atoms with Crippen LogP contribution in [-0.4, -0.2) is 35.2 Å². The van der Waals surface area contributed by atoms with Crippen molar-refractivity contribution >= 4 is 11.8 Å². The second-order valence-corrected chi connectivity index (χ2v) is 7.52. The fourth-order valence-electron chi connectivity index (χ4n) is 4.03. The molecular weight excluding hydrogens is 409 g/mol. The van der Waals surface area contributed by atoms with Gasteiger partial charge in [0.1, 0.15) is 17.8 Å². The van der Waals surface area contributed by atoms with Crippen molar-refractivity contribution in [2.24, 2.45) is 0 Å². The van der Waals surface area contributed by atoms with E-state index in [1.54, 1.807) is 30.3 Å². The molecular formula is C22H21F3N4O2. The van der Waals surface area contributed by atoms with Gasteiger partial charge in [-0.15, -0.1) is 0 Å². The van der Waals surface area contributed by atoms with Crippen LogP contribution in [0.15, 0.2) is 71.9 Å². The molecule has 0 aromatic heterocycles. The maximum Gasteiger partial charge on any atom is 0.406 e. The van der Waals surface area contributed by atoms with E-state index in [4.69, 9.17) is 0 Å².